The molecule has 0 aliphatic carbocycles. The Balaban J connectivity index is 2.77. The van der Waals surface area contributed by atoms with E-state index >= 15 is 0 Å². The molecule has 0 aliphatic heterocycles. The van der Waals surface area contributed by atoms with Gasteiger partial charge in [0, 0.05) is 12.7 Å². The van der Waals surface area contributed by atoms with Crippen LogP contribution in [0, 0.1) is 17.2 Å². The SMILES string of the molecule is CC(C)C(O)CC(=O)N(C)c1cccc(C#N)c1. The van der Waals surface area contributed by atoms with Crippen LogP contribution in [0.25, 0.3) is 0 Å². The Labute approximate surface area is 107 Å². The molecule has 0 fully saturated rings. The number of amides is 1. The summed E-state index contributed by atoms with van der Waals surface area (Å²) in [6.45, 7) is 3.74. The zero-order valence-corrected chi connectivity index (χ0v) is 10.9. The smallest absolute Gasteiger partial charge is 0.229 e. The van der Waals surface area contributed by atoms with Crippen molar-refractivity contribution in [3.63, 3.8) is 0 Å². The van der Waals surface area contributed by atoms with Gasteiger partial charge in [0.05, 0.1) is 24.2 Å². The summed E-state index contributed by atoms with van der Waals surface area (Å²) < 4.78 is 0. The van der Waals surface area contributed by atoms with E-state index < -0.39 is 6.10 Å². The molecule has 0 heterocycles. The molecule has 4 nitrogen and oxygen atoms in total. The predicted octanol–water partition coefficient (Wildman–Crippen LogP) is 1.93. The maximum Gasteiger partial charge on any atom is 0.229 e. The number of carbonyl (C=O) groups excluding carboxylic acids is 1. The second kappa shape index (κ2) is 6.18. The molecule has 0 bridgehead atoms. The average molecular weight is 246 g/mol. The Kier molecular flexibility index (Phi) is 4.87. The quantitative estimate of drug-likeness (QED) is 0.882. The maximum atomic E-state index is 11.9. The van der Waals surface area contributed by atoms with E-state index in [9.17, 15) is 9.90 Å². The lowest BCUT2D eigenvalue weighted by Gasteiger charge is -2.21. The standard InChI is InChI=1S/C14H18N2O2/c1-10(2)13(17)8-14(18)16(3)12-6-4-5-11(7-12)9-15/h4-7,10,13,17H,8H2,1-3H3. The summed E-state index contributed by atoms with van der Waals surface area (Å²) in [6.07, 6.45) is -0.551. The van der Waals surface area contributed by atoms with Crippen LogP contribution in [0.2, 0.25) is 0 Å². The fourth-order valence-electron chi connectivity index (χ4n) is 1.48. The molecule has 4 heteroatoms. The Bertz CT molecular complexity index is 463. The second-order valence-electron chi connectivity index (χ2n) is 4.63. The monoisotopic (exact) mass is 246 g/mol. The number of rotatable bonds is 4. The van der Waals surface area contributed by atoms with Crippen LogP contribution in [-0.4, -0.2) is 24.2 Å². The summed E-state index contributed by atoms with van der Waals surface area (Å²) in [5.74, 6) is -0.112. The molecule has 96 valence electrons. The molecular formula is C14H18N2O2. The Morgan fingerprint density at radius 1 is 1.50 bits per heavy atom. The van der Waals surface area contributed by atoms with Crippen LogP contribution < -0.4 is 4.90 Å². The van der Waals surface area contributed by atoms with Gasteiger partial charge in [-0.15, -0.1) is 0 Å². The third-order valence-electron chi connectivity index (χ3n) is 2.89. The Morgan fingerprint density at radius 2 is 2.17 bits per heavy atom. The molecule has 1 rings (SSSR count). The van der Waals surface area contributed by atoms with Crippen LogP contribution >= 0.6 is 0 Å². The van der Waals surface area contributed by atoms with E-state index in [1.807, 2.05) is 19.9 Å². The van der Waals surface area contributed by atoms with E-state index in [1.165, 1.54) is 4.90 Å². The van der Waals surface area contributed by atoms with Crippen molar-refractivity contribution >= 4 is 11.6 Å². The third kappa shape index (κ3) is 3.57. The predicted molar refractivity (Wildman–Crippen MR) is 70.0 cm³/mol. The molecule has 1 amide bonds. The van der Waals surface area contributed by atoms with Gasteiger partial charge in [0.2, 0.25) is 5.91 Å². The van der Waals surface area contributed by atoms with Crippen molar-refractivity contribution in [1.29, 1.82) is 5.26 Å². The van der Waals surface area contributed by atoms with E-state index in [1.54, 1.807) is 31.3 Å². The maximum absolute atomic E-state index is 11.9. The number of hydrogen-bond donors (Lipinski definition) is 1. The number of nitrogens with zero attached hydrogens (tertiary/aromatic N) is 2. The van der Waals surface area contributed by atoms with Gasteiger partial charge in [-0.3, -0.25) is 4.79 Å². The van der Waals surface area contributed by atoms with Gasteiger partial charge in [-0.05, 0) is 24.1 Å². The first-order valence-electron chi connectivity index (χ1n) is 5.90. The summed E-state index contributed by atoms with van der Waals surface area (Å²) in [5, 5.41) is 18.5. The zero-order valence-electron chi connectivity index (χ0n) is 10.9. The van der Waals surface area contributed by atoms with Gasteiger partial charge in [0.15, 0.2) is 0 Å². The van der Waals surface area contributed by atoms with E-state index in [0.717, 1.165) is 0 Å². The van der Waals surface area contributed by atoms with Crippen molar-refractivity contribution in [3.8, 4) is 6.07 Å². The van der Waals surface area contributed by atoms with Crippen LogP contribution in [-0.2, 0) is 4.79 Å². The van der Waals surface area contributed by atoms with Crippen LogP contribution in [0.3, 0.4) is 0 Å². The highest BCUT2D eigenvalue weighted by atomic mass is 16.3. The van der Waals surface area contributed by atoms with Crippen molar-refractivity contribution < 1.29 is 9.90 Å². The number of hydrogen-bond acceptors (Lipinski definition) is 3. The fraction of sp³-hybridized carbons (Fsp3) is 0.429. The lowest BCUT2D eigenvalue weighted by molar-refractivity contribution is -0.120. The molecule has 1 unspecified atom stereocenters. The average Bonchev–Trinajstić information content (AvgIpc) is 2.37. The normalized spacial score (nSPS) is 12.0. The molecular weight excluding hydrogens is 228 g/mol. The van der Waals surface area contributed by atoms with Crippen molar-refractivity contribution in [2.45, 2.75) is 26.4 Å². The number of benzene rings is 1. The molecule has 0 radical (unpaired) electrons. The molecule has 1 atom stereocenters. The van der Waals surface area contributed by atoms with Crippen LogP contribution in [0.5, 0.6) is 0 Å². The second-order valence-corrected chi connectivity index (χ2v) is 4.63. The van der Waals surface area contributed by atoms with Crippen LogP contribution in [0.4, 0.5) is 5.69 Å². The Hall–Kier alpha value is -1.86. The molecule has 1 aromatic carbocycles. The van der Waals surface area contributed by atoms with Gasteiger partial charge in [-0.2, -0.15) is 5.26 Å². The minimum atomic E-state index is -0.640. The topological polar surface area (TPSA) is 64.3 Å². The van der Waals surface area contributed by atoms with Gasteiger partial charge in [-0.1, -0.05) is 19.9 Å². The summed E-state index contributed by atoms with van der Waals surface area (Å²) in [4.78, 5) is 13.4. The van der Waals surface area contributed by atoms with Gasteiger partial charge >= 0.3 is 0 Å². The first-order valence-corrected chi connectivity index (χ1v) is 5.90. The minimum Gasteiger partial charge on any atom is -0.392 e. The van der Waals surface area contributed by atoms with Gasteiger partial charge in [0.25, 0.3) is 0 Å². The molecule has 0 aromatic heterocycles. The molecule has 18 heavy (non-hydrogen) atoms. The van der Waals surface area contributed by atoms with Crippen molar-refractivity contribution in [2.24, 2.45) is 5.92 Å². The van der Waals surface area contributed by atoms with Crippen molar-refractivity contribution in [3.05, 3.63) is 29.8 Å². The molecule has 1 N–H and O–H groups in total. The van der Waals surface area contributed by atoms with Gasteiger partial charge < -0.3 is 10.0 Å². The first kappa shape index (κ1) is 14.2. The third-order valence-corrected chi connectivity index (χ3v) is 2.89. The zero-order chi connectivity index (χ0) is 13.7. The summed E-state index contributed by atoms with van der Waals surface area (Å²) in [6, 6.07) is 8.87. The number of aliphatic hydroxyl groups excluding tert-OH is 1. The lowest BCUT2D eigenvalue weighted by Crippen LogP contribution is -2.31. The molecule has 0 aliphatic rings. The van der Waals surface area contributed by atoms with E-state index in [2.05, 4.69) is 0 Å². The Morgan fingerprint density at radius 3 is 2.72 bits per heavy atom. The van der Waals surface area contributed by atoms with Crippen molar-refractivity contribution in [1.82, 2.24) is 0 Å². The first-order chi connectivity index (χ1) is 8.45. The van der Waals surface area contributed by atoms with E-state index in [0.29, 0.717) is 11.3 Å². The number of carbonyl (C=O) groups is 1. The van der Waals surface area contributed by atoms with E-state index in [4.69, 9.17) is 5.26 Å². The lowest BCUT2D eigenvalue weighted by atomic mass is 10.0. The fourth-order valence-corrected chi connectivity index (χ4v) is 1.48. The summed E-state index contributed by atoms with van der Waals surface area (Å²) >= 11 is 0. The summed E-state index contributed by atoms with van der Waals surface area (Å²) in [5.41, 5.74) is 1.17. The van der Waals surface area contributed by atoms with Crippen LogP contribution in [0.15, 0.2) is 24.3 Å². The molecule has 0 saturated carbocycles. The number of nitriles is 1. The molecule has 1 aromatic rings. The minimum absolute atomic E-state index is 0.0489. The van der Waals surface area contributed by atoms with Crippen LogP contribution in [0.1, 0.15) is 25.8 Å². The largest absolute Gasteiger partial charge is 0.392 e. The van der Waals surface area contributed by atoms with Crippen molar-refractivity contribution in [2.75, 3.05) is 11.9 Å². The highest BCUT2D eigenvalue weighted by Gasteiger charge is 2.18. The highest BCUT2D eigenvalue weighted by Crippen LogP contribution is 2.16. The molecule has 0 saturated heterocycles. The molecule has 0 spiro atoms. The summed E-state index contributed by atoms with van der Waals surface area (Å²) in [7, 11) is 1.64. The van der Waals surface area contributed by atoms with Gasteiger partial charge in [-0.25, -0.2) is 0 Å². The van der Waals surface area contributed by atoms with E-state index in [-0.39, 0.29) is 18.2 Å². The highest BCUT2D eigenvalue weighted by molar-refractivity contribution is 5.93. The number of anilines is 1. The van der Waals surface area contributed by atoms with Gasteiger partial charge in [0.1, 0.15) is 0 Å². The number of aliphatic hydroxyl groups is 1.